The first-order chi connectivity index (χ1) is 17.8. The Bertz CT molecular complexity index is 1380. The molecule has 2 amide bonds. The zero-order valence-corrected chi connectivity index (χ0v) is 21.0. The number of rotatable bonds is 6. The van der Waals surface area contributed by atoms with Crippen LogP contribution in [0.4, 0.5) is 15.8 Å². The summed E-state index contributed by atoms with van der Waals surface area (Å²) in [6.45, 7) is 6.03. The lowest BCUT2D eigenvalue weighted by Gasteiger charge is -2.44. The van der Waals surface area contributed by atoms with Crippen LogP contribution in [0.25, 0.3) is 0 Å². The van der Waals surface area contributed by atoms with Gasteiger partial charge in [-0.05, 0) is 74.2 Å². The zero-order valence-electron chi connectivity index (χ0n) is 21.0. The molecule has 2 N–H and O–H groups in total. The minimum absolute atomic E-state index is 0.0226. The van der Waals surface area contributed by atoms with Gasteiger partial charge in [-0.15, -0.1) is 0 Å². The third kappa shape index (κ3) is 5.14. The summed E-state index contributed by atoms with van der Waals surface area (Å²) in [5.74, 6) is -0.521. The number of nitrogens with one attached hydrogen (secondary N) is 2. The van der Waals surface area contributed by atoms with Crippen molar-refractivity contribution in [2.45, 2.75) is 45.2 Å². The minimum atomic E-state index is -0.416. The molecule has 3 aromatic rings. The molecule has 3 heterocycles. The molecule has 1 saturated heterocycles. The summed E-state index contributed by atoms with van der Waals surface area (Å²) < 4.78 is 15.3. The highest BCUT2D eigenvalue weighted by molar-refractivity contribution is 6.07. The van der Waals surface area contributed by atoms with E-state index in [9.17, 15) is 18.8 Å². The average molecular weight is 503 g/mol. The lowest BCUT2D eigenvalue weighted by Crippen LogP contribution is -2.47. The van der Waals surface area contributed by atoms with Crippen LogP contribution in [-0.4, -0.2) is 35.5 Å². The number of amides is 2. The molecule has 1 fully saturated rings. The topological polar surface area (TPSA) is 83.4 Å². The van der Waals surface area contributed by atoms with Crippen LogP contribution in [-0.2, 0) is 6.54 Å². The number of hydrogen-bond donors (Lipinski definition) is 2. The molecule has 0 spiro atoms. The molecule has 2 bridgehead atoms. The van der Waals surface area contributed by atoms with E-state index in [1.807, 2.05) is 36.6 Å². The first kappa shape index (κ1) is 24.7. The number of halogens is 1. The van der Waals surface area contributed by atoms with Gasteiger partial charge in [0.25, 0.3) is 17.4 Å². The van der Waals surface area contributed by atoms with E-state index in [0.29, 0.717) is 35.8 Å². The Morgan fingerprint density at radius 3 is 2.51 bits per heavy atom. The van der Waals surface area contributed by atoms with E-state index in [2.05, 4.69) is 15.5 Å². The van der Waals surface area contributed by atoms with Gasteiger partial charge >= 0.3 is 0 Å². The zero-order chi connectivity index (χ0) is 26.1. The van der Waals surface area contributed by atoms with Crippen LogP contribution in [0.1, 0.15) is 59.0 Å². The van der Waals surface area contributed by atoms with E-state index in [1.54, 1.807) is 18.2 Å². The number of piperidine rings is 1. The summed E-state index contributed by atoms with van der Waals surface area (Å²) in [6, 6.07) is 16.2. The third-order valence-corrected chi connectivity index (χ3v) is 7.42. The fraction of sp³-hybridized carbons (Fsp3) is 0.345. The monoisotopic (exact) mass is 502 g/mol. The average Bonchev–Trinajstić information content (AvgIpc) is 2.89. The Morgan fingerprint density at radius 2 is 1.76 bits per heavy atom. The molecule has 1 aromatic heterocycles. The second kappa shape index (κ2) is 10.2. The van der Waals surface area contributed by atoms with Crippen LogP contribution in [0.3, 0.4) is 0 Å². The van der Waals surface area contributed by atoms with Gasteiger partial charge < -0.3 is 20.1 Å². The van der Waals surface area contributed by atoms with Crippen molar-refractivity contribution in [3.63, 3.8) is 0 Å². The smallest absolute Gasteiger partial charge is 0.255 e. The van der Waals surface area contributed by atoms with Gasteiger partial charge in [0.05, 0.1) is 11.4 Å². The maximum Gasteiger partial charge on any atom is 0.255 e. The predicted molar refractivity (Wildman–Crippen MR) is 142 cm³/mol. The number of fused-ring (bicyclic) bond motifs is 4. The molecule has 192 valence electrons. The van der Waals surface area contributed by atoms with Crippen LogP contribution in [0, 0.1) is 11.7 Å². The highest BCUT2D eigenvalue weighted by Gasteiger charge is 2.35. The number of aromatic nitrogens is 1. The molecular weight excluding hydrogens is 471 g/mol. The lowest BCUT2D eigenvalue weighted by atomic mass is 9.83. The minimum Gasteiger partial charge on any atom is -0.369 e. The summed E-state index contributed by atoms with van der Waals surface area (Å²) in [5, 5.41) is 5.93. The van der Waals surface area contributed by atoms with Crippen LogP contribution in [0.2, 0.25) is 0 Å². The molecule has 0 radical (unpaired) electrons. The number of benzene rings is 2. The van der Waals surface area contributed by atoms with Gasteiger partial charge in [-0.2, -0.15) is 0 Å². The molecule has 2 aromatic carbocycles. The summed E-state index contributed by atoms with van der Waals surface area (Å²) in [4.78, 5) is 40.6. The first-order valence-electron chi connectivity index (χ1n) is 12.8. The van der Waals surface area contributed by atoms with E-state index in [4.69, 9.17) is 0 Å². The van der Waals surface area contributed by atoms with Crippen molar-refractivity contribution in [3.05, 3.63) is 93.7 Å². The van der Waals surface area contributed by atoms with Gasteiger partial charge in [0, 0.05) is 54.5 Å². The first-order valence-corrected chi connectivity index (χ1v) is 12.8. The number of nitrogens with zero attached hydrogens (tertiary/aromatic N) is 2. The lowest BCUT2D eigenvalue weighted by molar-refractivity contribution is 0.0938. The van der Waals surface area contributed by atoms with Crippen molar-refractivity contribution in [2.24, 2.45) is 5.92 Å². The van der Waals surface area contributed by atoms with Crippen LogP contribution < -0.4 is 21.1 Å². The maximum absolute atomic E-state index is 13.4. The van der Waals surface area contributed by atoms with E-state index < -0.39 is 5.82 Å². The molecule has 5 rings (SSSR count). The molecule has 0 aliphatic carbocycles. The van der Waals surface area contributed by atoms with Crippen molar-refractivity contribution < 1.29 is 14.0 Å². The SMILES string of the molecule is CC[C@H](C)NC(=O)c1ccc(N2C[C@H]3C[C@@H](C2)c2cccc(=O)n2C3)c(NC(=O)c2ccc(F)cc2)c1. The molecule has 2 aliphatic heterocycles. The molecule has 0 saturated carbocycles. The highest BCUT2D eigenvalue weighted by atomic mass is 19.1. The summed E-state index contributed by atoms with van der Waals surface area (Å²) in [6.07, 6.45) is 1.81. The Hall–Kier alpha value is -3.94. The van der Waals surface area contributed by atoms with E-state index in [0.717, 1.165) is 30.8 Å². The highest BCUT2D eigenvalue weighted by Crippen LogP contribution is 2.39. The number of hydrogen-bond acceptors (Lipinski definition) is 4. The summed E-state index contributed by atoms with van der Waals surface area (Å²) in [7, 11) is 0. The second-order valence-corrected chi connectivity index (χ2v) is 10.1. The number of carbonyl (C=O) groups excluding carboxylic acids is 2. The Labute approximate surface area is 215 Å². The summed E-state index contributed by atoms with van der Waals surface area (Å²) in [5.41, 5.74) is 3.19. The van der Waals surface area contributed by atoms with Crippen molar-refractivity contribution in [3.8, 4) is 0 Å². The second-order valence-electron chi connectivity index (χ2n) is 10.1. The maximum atomic E-state index is 13.4. The Kier molecular flexibility index (Phi) is 6.82. The molecule has 7 nitrogen and oxygen atoms in total. The largest absolute Gasteiger partial charge is 0.369 e. The summed E-state index contributed by atoms with van der Waals surface area (Å²) >= 11 is 0. The van der Waals surface area contributed by atoms with Crippen LogP contribution >= 0.6 is 0 Å². The predicted octanol–water partition coefficient (Wildman–Crippen LogP) is 4.39. The number of carbonyl (C=O) groups is 2. The fourth-order valence-electron chi connectivity index (χ4n) is 5.35. The van der Waals surface area contributed by atoms with Gasteiger partial charge in [-0.1, -0.05) is 13.0 Å². The quantitative estimate of drug-likeness (QED) is 0.524. The Balaban J connectivity index is 1.47. The third-order valence-electron chi connectivity index (χ3n) is 7.42. The van der Waals surface area contributed by atoms with Gasteiger partial charge in [0.2, 0.25) is 0 Å². The van der Waals surface area contributed by atoms with E-state index in [1.165, 1.54) is 24.3 Å². The molecule has 3 atom stereocenters. The molecule has 37 heavy (non-hydrogen) atoms. The molecular formula is C29H31FN4O3. The van der Waals surface area contributed by atoms with Crippen molar-refractivity contribution in [1.29, 1.82) is 0 Å². The normalized spacial score (nSPS) is 19.1. The van der Waals surface area contributed by atoms with E-state index in [-0.39, 0.29) is 29.3 Å². The number of anilines is 2. The van der Waals surface area contributed by atoms with Crippen molar-refractivity contribution >= 4 is 23.2 Å². The molecule has 8 heteroatoms. The number of pyridine rings is 1. The van der Waals surface area contributed by atoms with Crippen molar-refractivity contribution in [2.75, 3.05) is 23.3 Å². The van der Waals surface area contributed by atoms with Crippen LogP contribution in [0.15, 0.2) is 65.5 Å². The van der Waals surface area contributed by atoms with E-state index >= 15 is 0 Å². The van der Waals surface area contributed by atoms with Gasteiger partial charge in [0.1, 0.15) is 5.82 Å². The van der Waals surface area contributed by atoms with Gasteiger partial charge in [-0.3, -0.25) is 14.4 Å². The van der Waals surface area contributed by atoms with Gasteiger partial charge in [0.15, 0.2) is 0 Å². The van der Waals surface area contributed by atoms with Crippen LogP contribution in [0.5, 0.6) is 0 Å². The van der Waals surface area contributed by atoms with Gasteiger partial charge in [-0.25, -0.2) is 4.39 Å². The molecule has 0 unspecified atom stereocenters. The standard InChI is InChI=1S/C29H31FN4O3/c1-3-18(2)31-29(37)21-9-12-26(24(14-21)32-28(36)20-7-10-23(30)11-8-20)33-15-19-13-22(17-33)25-5-4-6-27(35)34(25)16-19/h4-12,14,18-19,22H,3,13,15-17H2,1-2H3,(H,31,37)(H,32,36)/t18-,19+,22-/m0/s1. The Morgan fingerprint density at radius 1 is 1.00 bits per heavy atom. The molecule has 2 aliphatic rings. The fourth-order valence-corrected chi connectivity index (χ4v) is 5.35. The van der Waals surface area contributed by atoms with Crippen molar-refractivity contribution in [1.82, 2.24) is 9.88 Å².